The lowest BCUT2D eigenvalue weighted by atomic mass is 9.87. The molecule has 114 valence electrons. The second-order valence-corrected chi connectivity index (χ2v) is 6.96. The third kappa shape index (κ3) is 3.33. The predicted octanol–water partition coefficient (Wildman–Crippen LogP) is 2.33. The van der Waals surface area contributed by atoms with Gasteiger partial charge in [0.15, 0.2) is 0 Å². The molecule has 2 fully saturated rings. The molecule has 0 aromatic rings. The fourth-order valence-corrected chi connectivity index (χ4v) is 3.48. The highest BCUT2D eigenvalue weighted by molar-refractivity contribution is 5.90. The maximum atomic E-state index is 12.7. The molecule has 1 saturated heterocycles. The highest BCUT2D eigenvalue weighted by Gasteiger charge is 2.37. The summed E-state index contributed by atoms with van der Waals surface area (Å²) in [6.45, 7) is 7.79. The molecule has 2 atom stereocenters. The molecular formula is C16H28N2O2. The Kier molecular flexibility index (Phi) is 4.71. The van der Waals surface area contributed by atoms with Gasteiger partial charge >= 0.3 is 0 Å². The minimum absolute atomic E-state index is 0.0164. The standard InChI is InChI=1S/C16H28N2O2/c1-4-12(2)14-15(20)18(10-7-13(19)17-14)11-16(3)8-5-6-9-16/h12,14H,4-11H2,1-3H3,(H,17,19). The molecule has 1 N–H and O–H groups in total. The second kappa shape index (κ2) is 6.15. The molecule has 2 amide bonds. The normalized spacial score (nSPS) is 28.1. The Balaban J connectivity index is 2.10. The van der Waals surface area contributed by atoms with Gasteiger partial charge in [-0.3, -0.25) is 9.59 Å². The number of carbonyl (C=O) groups excluding carboxylic acids is 2. The van der Waals surface area contributed by atoms with Crippen LogP contribution in [0.3, 0.4) is 0 Å². The Morgan fingerprint density at radius 3 is 2.60 bits per heavy atom. The molecular weight excluding hydrogens is 252 g/mol. The van der Waals surface area contributed by atoms with Crippen molar-refractivity contribution in [2.45, 2.75) is 65.3 Å². The van der Waals surface area contributed by atoms with Crippen LogP contribution >= 0.6 is 0 Å². The maximum absolute atomic E-state index is 12.7. The Labute approximate surface area is 122 Å². The van der Waals surface area contributed by atoms with Gasteiger partial charge in [-0.2, -0.15) is 0 Å². The molecule has 0 aromatic carbocycles. The number of nitrogens with one attached hydrogen (secondary N) is 1. The zero-order valence-electron chi connectivity index (χ0n) is 13.1. The smallest absolute Gasteiger partial charge is 0.245 e. The van der Waals surface area contributed by atoms with Crippen molar-refractivity contribution in [2.75, 3.05) is 13.1 Å². The number of rotatable bonds is 4. The van der Waals surface area contributed by atoms with Crippen molar-refractivity contribution < 1.29 is 9.59 Å². The molecule has 4 nitrogen and oxygen atoms in total. The lowest BCUT2D eigenvalue weighted by molar-refractivity contribution is -0.136. The third-order valence-corrected chi connectivity index (χ3v) is 5.10. The van der Waals surface area contributed by atoms with Crippen molar-refractivity contribution in [1.29, 1.82) is 0 Å². The van der Waals surface area contributed by atoms with Crippen LogP contribution in [0, 0.1) is 11.3 Å². The summed E-state index contributed by atoms with van der Waals surface area (Å²) in [4.78, 5) is 26.5. The molecule has 1 heterocycles. The number of amides is 2. The third-order valence-electron chi connectivity index (χ3n) is 5.10. The summed E-state index contributed by atoms with van der Waals surface area (Å²) in [6.07, 6.45) is 6.28. The molecule has 1 aliphatic carbocycles. The summed E-state index contributed by atoms with van der Waals surface area (Å²) < 4.78 is 0. The zero-order valence-corrected chi connectivity index (χ0v) is 13.1. The van der Waals surface area contributed by atoms with Gasteiger partial charge in [0.2, 0.25) is 11.8 Å². The van der Waals surface area contributed by atoms with Crippen molar-refractivity contribution in [3.05, 3.63) is 0 Å². The Morgan fingerprint density at radius 2 is 2.00 bits per heavy atom. The van der Waals surface area contributed by atoms with Crippen molar-refractivity contribution in [2.24, 2.45) is 11.3 Å². The van der Waals surface area contributed by atoms with Gasteiger partial charge in [0.25, 0.3) is 0 Å². The highest BCUT2D eigenvalue weighted by atomic mass is 16.2. The molecule has 0 bridgehead atoms. The van der Waals surface area contributed by atoms with E-state index < -0.39 is 0 Å². The Hall–Kier alpha value is -1.06. The van der Waals surface area contributed by atoms with Crippen molar-refractivity contribution in [3.8, 4) is 0 Å². The summed E-state index contributed by atoms with van der Waals surface area (Å²) in [6, 6.07) is -0.333. The first kappa shape index (κ1) is 15.3. The van der Waals surface area contributed by atoms with Gasteiger partial charge in [-0.25, -0.2) is 0 Å². The van der Waals surface area contributed by atoms with Crippen molar-refractivity contribution in [1.82, 2.24) is 10.2 Å². The van der Waals surface area contributed by atoms with Gasteiger partial charge in [-0.1, -0.05) is 40.0 Å². The minimum Gasteiger partial charge on any atom is -0.344 e. The van der Waals surface area contributed by atoms with E-state index in [2.05, 4.69) is 19.2 Å². The lowest BCUT2D eigenvalue weighted by Gasteiger charge is -2.34. The fraction of sp³-hybridized carbons (Fsp3) is 0.875. The van der Waals surface area contributed by atoms with Crippen LogP contribution in [0.15, 0.2) is 0 Å². The first-order chi connectivity index (χ1) is 9.45. The van der Waals surface area contributed by atoms with E-state index in [-0.39, 0.29) is 29.2 Å². The van der Waals surface area contributed by atoms with Crippen LogP contribution in [0.5, 0.6) is 0 Å². The van der Waals surface area contributed by atoms with Gasteiger partial charge in [-0.15, -0.1) is 0 Å². The van der Waals surface area contributed by atoms with Gasteiger partial charge < -0.3 is 10.2 Å². The highest BCUT2D eigenvalue weighted by Crippen LogP contribution is 2.38. The SMILES string of the molecule is CCC(C)C1NC(=O)CCN(CC2(C)CCCC2)C1=O. The van der Waals surface area contributed by atoms with E-state index in [1.807, 2.05) is 11.8 Å². The maximum Gasteiger partial charge on any atom is 0.245 e. The first-order valence-corrected chi connectivity index (χ1v) is 8.03. The number of hydrogen-bond acceptors (Lipinski definition) is 2. The summed E-state index contributed by atoms with van der Waals surface area (Å²) in [7, 11) is 0. The number of carbonyl (C=O) groups is 2. The van der Waals surface area contributed by atoms with E-state index in [1.165, 1.54) is 25.7 Å². The monoisotopic (exact) mass is 280 g/mol. The molecule has 1 saturated carbocycles. The van der Waals surface area contributed by atoms with E-state index >= 15 is 0 Å². The van der Waals surface area contributed by atoms with Crippen LogP contribution in [0.1, 0.15) is 59.3 Å². The lowest BCUT2D eigenvalue weighted by Crippen LogP contribution is -2.50. The molecule has 1 aliphatic heterocycles. The van der Waals surface area contributed by atoms with E-state index in [0.717, 1.165) is 13.0 Å². The fourth-order valence-electron chi connectivity index (χ4n) is 3.48. The zero-order chi connectivity index (χ0) is 14.8. The van der Waals surface area contributed by atoms with E-state index in [0.29, 0.717) is 13.0 Å². The van der Waals surface area contributed by atoms with Crippen LogP contribution in [-0.2, 0) is 9.59 Å². The van der Waals surface area contributed by atoms with E-state index in [1.54, 1.807) is 0 Å². The summed E-state index contributed by atoms with van der Waals surface area (Å²) in [5.74, 6) is 0.337. The molecule has 4 heteroatoms. The summed E-state index contributed by atoms with van der Waals surface area (Å²) in [5.41, 5.74) is 0.253. The molecule has 0 radical (unpaired) electrons. The number of hydrogen-bond donors (Lipinski definition) is 1. The van der Waals surface area contributed by atoms with Crippen LogP contribution in [0.4, 0.5) is 0 Å². The van der Waals surface area contributed by atoms with Crippen LogP contribution in [0.2, 0.25) is 0 Å². The molecule has 2 aliphatic rings. The average Bonchev–Trinajstić information content (AvgIpc) is 2.80. The van der Waals surface area contributed by atoms with Gasteiger partial charge in [0, 0.05) is 19.5 Å². The minimum atomic E-state index is -0.333. The van der Waals surface area contributed by atoms with Gasteiger partial charge in [0.05, 0.1) is 0 Å². The van der Waals surface area contributed by atoms with E-state index in [9.17, 15) is 9.59 Å². The quantitative estimate of drug-likeness (QED) is 0.859. The largest absolute Gasteiger partial charge is 0.344 e. The second-order valence-electron chi connectivity index (χ2n) is 6.96. The predicted molar refractivity (Wildman–Crippen MR) is 79.2 cm³/mol. The van der Waals surface area contributed by atoms with Gasteiger partial charge in [-0.05, 0) is 24.2 Å². The Morgan fingerprint density at radius 1 is 1.35 bits per heavy atom. The van der Waals surface area contributed by atoms with Crippen molar-refractivity contribution >= 4 is 11.8 Å². The molecule has 2 unspecified atom stereocenters. The van der Waals surface area contributed by atoms with Crippen molar-refractivity contribution in [3.63, 3.8) is 0 Å². The Bertz CT molecular complexity index is 375. The molecule has 20 heavy (non-hydrogen) atoms. The molecule has 0 spiro atoms. The number of nitrogens with zero attached hydrogens (tertiary/aromatic N) is 1. The average molecular weight is 280 g/mol. The van der Waals surface area contributed by atoms with Crippen LogP contribution in [-0.4, -0.2) is 35.8 Å². The molecule has 0 aromatic heterocycles. The van der Waals surface area contributed by atoms with Gasteiger partial charge in [0.1, 0.15) is 6.04 Å². The topological polar surface area (TPSA) is 49.4 Å². The molecule has 2 rings (SSSR count). The van der Waals surface area contributed by atoms with E-state index in [4.69, 9.17) is 0 Å². The summed E-state index contributed by atoms with van der Waals surface area (Å²) in [5, 5.41) is 2.92. The summed E-state index contributed by atoms with van der Waals surface area (Å²) >= 11 is 0. The van der Waals surface area contributed by atoms with Crippen LogP contribution in [0.25, 0.3) is 0 Å². The first-order valence-electron chi connectivity index (χ1n) is 8.03. The van der Waals surface area contributed by atoms with Crippen LogP contribution < -0.4 is 5.32 Å².